The maximum Gasteiger partial charge on any atom is 0.122 e. The Morgan fingerprint density at radius 3 is 2.12 bits per heavy atom. The molecule has 3 nitrogen and oxygen atoms in total. The Labute approximate surface area is 96.5 Å². The number of benzene rings is 1. The van der Waals surface area contributed by atoms with Crippen LogP contribution >= 0.6 is 0 Å². The van der Waals surface area contributed by atoms with E-state index in [1.165, 1.54) is 12.0 Å². The lowest BCUT2D eigenvalue weighted by Crippen LogP contribution is -2.17. The van der Waals surface area contributed by atoms with E-state index >= 15 is 0 Å². The van der Waals surface area contributed by atoms with Gasteiger partial charge in [-0.2, -0.15) is 0 Å². The summed E-state index contributed by atoms with van der Waals surface area (Å²) in [6, 6.07) is 6.32. The normalized spacial score (nSPS) is 25.0. The standard InChI is InChI=1S/C13H19NO2/c1-8(14)12-7-13(12)9-4-10(15-2)6-11(5-9)16-3/h4-6,8,12-13H,7,14H2,1-3H3/t8-,12+,13+/m0/s1. The van der Waals surface area contributed by atoms with Crippen LogP contribution in [-0.2, 0) is 0 Å². The highest BCUT2D eigenvalue weighted by molar-refractivity contribution is 5.42. The summed E-state index contributed by atoms with van der Waals surface area (Å²) >= 11 is 0. The van der Waals surface area contributed by atoms with Crippen LogP contribution in [-0.4, -0.2) is 20.3 Å². The molecule has 3 heteroatoms. The first kappa shape index (κ1) is 11.3. The molecule has 88 valence electrons. The number of ether oxygens (including phenoxy) is 2. The molecule has 2 N–H and O–H groups in total. The second-order valence-electron chi connectivity index (χ2n) is 4.51. The van der Waals surface area contributed by atoms with Crippen molar-refractivity contribution in [2.45, 2.75) is 25.3 Å². The summed E-state index contributed by atoms with van der Waals surface area (Å²) in [5.74, 6) is 2.88. The van der Waals surface area contributed by atoms with Gasteiger partial charge in [-0.1, -0.05) is 0 Å². The zero-order valence-electron chi connectivity index (χ0n) is 10.1. The second-order valence-corrected chi connectivity index (χ2v) is 4.51. The lowest BCUT2D eigenvalue weighted by atomic mass is 10.1. The zero-order valence-corrected chi connectivity index (χ0v) is 10.1. The number of hydrogen-bond acceptors (Lipinski definition) is 3. The van der Waals surface area contributed by atoms with Gasteiger partial charge in [0.2, 0.25) is 0 Å². The maximum absolute atomic E-state index is 5.90. The van der Waals surface area contributed by atoms with E-state index in [0.29, 0.717) is 11.8 Å². The van der Waals surface area contributed by atoms with Crippen molar-refractivity contribution in [1.29, 1.82) is 0 Å². The highest BCUT2D eigenvalue weighted by Crippen LogP contribution is 2.50. The minimum atomic E-state index is 0.266. The van der Waals surface area contributed by atoms with Crippen LogP contribution in [0.3, 0.4) is 0 Å². The van der Waals surface area contributed by atoms with Crippen LogP contribution in [0.4, 0.5) is 0 Å². The molecule has 2 rings (SSSR count). The van der Waals surface area contributed by atoms with Crippen molar-refractivity contribution in [3.8, 4) is 11.5 Å². The molecule has 0 unspecified atom stereocenters. The third kappa shape index (κ3) is 2.14. The topological polar surface area (TPSA) is 44.5 Å². The van der Waals surface area contributed by atoms with E-state index in [1.807, 2.05) is 6.07 Å². The monoisotopic (exact) mass is 221 g/mol. The molecule has 0 heterocycles. The molecule has 1 aliphatic rings. The highest BCUT2D eigenvalue weighted by Gasteiger charge is 2.41. The summed E-state index contributed by atoms with van der Waals surface area (Å²) in [6.45, 7) is 2.07. The quantitative estimate of drug-likeness (QED) is 0.847. The van der Waals surface area contributed by atoms with Gasteiger partial charge in [0.05, 0.1) is 14.2 Å². The molecule has 0 bridgehead atoms. The molecule has 1 fully saturated rings. The zero-order chi connectivity index (χ0) is 11.7. The summed E-state index contributed by atoms with van der Waals surface area (Å²) in [7, 11) is 3.35. The van der Waals surface area contributed by atoms with Crippen molar-refractivity contribution >= 4 is 0 Å². The minimum Gasteiger partial charge on any atom is -0.497 e. The fourth-order valence-corrected chi connectivity index (χ4v) is 2.22. The lowest BCUT2D eigenvalue weighted by molar-refractivity contribution is 0.393. The molecule has 0 aromatic heterocycles. The van der Waals surface area contributed by atoms with Crippen LogP contribution < -0.4 is 15.2 Å². The van der Waals surface area contributed by atoms with Crippen LogP contribution in [0.25, 0.3) is 0 Å². The first-order valence-electron chi connectivity index (χ1n) is 5.64. The van der Waals surface area contributed by atoms with E-state index in [2.05, 4.69) is 19.1 Å². The molecule has 1 aliphatic carbocycles. The molecule has 16 heavy (non-hydrogen) atoms. The van der Waals surface area contributed by atoms with E-state index in [-0.39, 0.29) is 6.04 Å². The van der Waals surface area contributed by atoms with Gasteiger partial charge in [-0.25, -0.2) is 0 Å². The Kier molecular flexibility index (Phi) is 3.06. The predicted molar refractivity (Wildman–Crippen MR) is 64.0 cm³/mol. The van der Waals surface area contributed by atoms with Gasteiger partial charge in [0, 0.05) is 12.1 Å². The molecule has 0 amide bonds. The Morgan fingerprint density at radius 2 is 1.75 bits per heavy atom. The summed E-state index contributed by atoms with van der Waals surface area (Å²) in [4.78, 5) is 0. The Balaban J connectivity index is 2.21. The van der Waals surface area contributed by atoms with Crippen LogP contribution in [0.15, 0.2) is 18.2 Å². The molecule has 0 spiro atoms. The molecule has 0 saturated heterocycles. The third-order valence-corrected chi connectivity index (χ3v) is 3.32. The Hall–Kier alpha value is -1.22. The van der Waals surface area contributed by atoms with Crippen LogP contribution in [0.1, 0.15) is 24.8 Å². The van der Waals surface area contributed by atoms with Gasteiger partial charge in [0.15, 0.2) is 0 Å². The smallest absolute Gasteiger partial charge is 0.122 e. The lowest BCUT2D eigenvalue weighted by Gasteiger charge is -2.09. The number of nitrogens with two attached hydrogens (primary N) is 1. The second kappa shape index (κ2) is 4.34. The average Bonchev–Trinajstić information content (AvgIpc) is 3.08. The molecule has 1 aromatic rings. The van der Waals surface area contributed by atoms with Crippen LogP contribution in [0.2, 0.25) is 0 Å². The summed E-state index contributed by atoms with van der Waals surface area (Å²) < 4.78 is 10.5. The molecule has 1 saturated carbocycles. The molecular formula is C13H19NO2. The first-order chi connectivity index (χ1) is 7.65. The van der Waals surface area contributed by atoms with Crippen molar-refractivity contribution in [2.24, 2.45) is 11.7 Å². The number of methoxy groups -OCH3 is 2. The minimum absolute atomic E-state index is 0.266. The van der Waals surface area contributed by atoms with Gasteiger partial charge in [0.1, 0.15) is 11.5 Å². The van der Waals surface area contributed by atoms with E-state index in [4.69, 9.17) is 15.2 Å². The average molecular weight is 221 g/mol. The van der Waals surface area contributed by atoms with Gasteiger partial charge >= 0.3 is 0 Å². The molecule has 0 aliphatic heterocycles. The van der Waals surface area contributed by atoms with Crippen molar-refractivity contribution in [2.75, 3.05) is 14.2 Å². The summed E-state index contributed by atoms with van der Waals surface area (Å²) in [6.07, 6.45) is 1.17. The van der Waals surface area contributed by atoms with E-state index in [0.717, 1.165) is 11.5 Å². The van der Waals surface area contributed by atoms with E-state index in [9.17, 15) is 0 Å². The molecule has 0 radical (unpaired) electrons. The first-order valence-corrected chi connectivity index (χ1v) is 5.64. The maximum atomic E-state index is 5.90. The SMILES string of the molecule is COc1cc(OC)cc([C@H]2C[C@@H]2[C@H](C)N)c1. The Morgan fingerprint density at radius 1 is 1.19 bits per heavy atom. The third-order valence-electron chi connectivity index (χ3n) is 3.32. The van der Waals surface area contributed by atoms with Crippen molar-refractivity contribution in [1.82, 2.24) is 0 Å². The molecular weight excluding hydrogens is 202 g/mol. The highest BCUT2D eigenvalue weighted by atomic mass is 16.5. The van der Waals surface area contributed by atoms with Gasteiger partial charge < -0.3 is 15.2 Å². The van der Waals surface area contributed by atoms with Crippen molar-refractivity contribution < 1.29 is 9.47 Å². The summed E-state index contributed by atoms with van der Waals surface area (Å²) in [5.41, 5.74) is 7.18. The largest absolute Gasteiger partial charge is 0.497 e. The predicted octanol–water partition coefficient (Wildman–Crippen LogP) is 2.15. The fraction of sp³-hybridized carbons (Fsp3) is 0.538. The molecule has 1 aromatic carbocycles. The number of rotatable bonds is 4. The van der Waals surface area contributed by atoms with Gasteiger partial charge in [-0.15, -0.1) is 0 Å². The van der Waals surface area contributed by atoms with Crippen molar-refractivity contribution in [3.63, 3.8) is 0 Å². The van der Waals surface area contributed by atoms with E-state index in [1.54, 1.807) is 14.2 Å². The van der Waals surface area contributed by atoms with E-state index < -0.39 is 0 Å². The van der Waals surface area contributed by atoms with Gasteiger partial charge in [-0.05, 0) is 42.9 Å². The number of hydrogen-bond donors (Lipinski definition) is 1. The van der Waals surface area contributed by atoms with Crippen molar-refractivity contribution in [3.05, 3.63) is 23.8 Å². The van der Waals surface area contributed by atoms with Crippen LogP contribution in [0, 0.1) is 5.92 Å². The van der Waals surface area contributed by atoms with Gasteiger partial charge in [0.25, 0.3) is 0 Å². The Bertz CT molecular complexity index is 354. The fourth-order valence-electron chi connectivity index (χ4n) is 2.22. The molecule has 3 atom stereocenters. The summed E-state index contributed by atoms with van der Waals surface area (Å²) in [5, 5.41) is 0. The van der Waals surface area contributed by atoms with Gasteiger partial charge in [-0.3, -0.25) is 0 Å². The van der Waals surface area contributed by atoms with Crippen LogP contribution in [0.5, 0.6) is 11.5 Å².